The molecule has 72 valence electrons. The molecule has 0 aromatic heterocycles. The van der Waals surface area contributed by atoms with E-state index >= 15 is 0 Å². The van der Waals surface area contributed by atoms with Gasteiger partial charge in [-0.3, -0.25) is 4.90 Å². The third-order valence-electron chi connectivity index (χ3n) is 2.83. The summed E-state index contributed by atoms with van der Waals surface area (Å²) in [7, 11) is 0. The van der Waals surface area contributed by atoms with Crippen LogP contribution in [0, 0.1) is 5.92 Å². The highest BCUT2D eigenvalue weighted by atomic mass is 35.5. The van der Waals surface area contributed by atoms with Crippen LogP contribution in [0.25, 0.3) is 0 Å². The number of halogens is 1. The van der Waals surface area contributed by atoms with Crippen molar-refractivity contribution in [1.29, 1.82) is 0 Å². The van der Waals surface area contributed by atoms with Gasteiger partial charge in [0.1, 0.15) is 0 Å². The third kappa shape index (κ3) is 2.61. The monoisotopic (exact) mass is 190 g/mol. The Morgan fingerprint density at radius 1 is 1.42 bits per heavy atom. The zero-order valence-corrected chi connectivity index (χ0v) is 8.57. The number of rotatable bonds is 2. The molecule has 2 fully saturated rings. The van der Waals surface area contributed by atoms with Gasteiger partial charge in [0.05, 0.1) is 0 Å². The van der Waals surface area contributed by atoms with Crippen molar-refractivity contribution in [2.75, 3.05) is 26.2 Å². The Bertz CT molecular complexity index is 136. The standard InChI is InChI=1S/C9H18N2.ClH/c1-8-6-10-4-5-11(8)7-9-2-3-9;/h8-10H,2-7H2,1H3;1H. The van der Waals surface area contributed by atoms with E-state index in [2.05, 4.69) is 17.1 Å². The molecule has 1 unspecified atom stereocenters. The second kappa shape index (κ2) is 4.45. The van der Waals surface area contributed by atoms with E-state index in [4.69, 9.17) is 0 Å². The summed E-state index contributed by atoms with van der Waals surface area (Å²) in [4.78, 5) is 2.63. The van der Waals surface area contributed by atoms with E-state index in [0.29, 0.717) is 0 Å². The summed E-state index contributed by atoms with van der Waals surface area (Å²) in [6, 6.07) is 0.768. The van der Waals surface area contributed by atoms with Crippen molar-refractivity contribution in [3.05, 3.63) is 0 Å². The lowest BCUT2D eigenvalue weighted by molar-refractivity contribution is 0.167. The van der Waals surface area contributed by atoms with Gasteiger partial charge in [-0.1, -0.05) is 0 Å². The molecule has 0 aromatic rings. The van der Waals surface area contributed by atoms with Crippen LogP contribution in [0.15, 0.2) is 0 Å². The Balaban J connectivity index is 0.000000720. The van der Waals surface area contributed by atoms with Gasteiger partial charge in [0.15, 0.2) is 0 Å². The molecule has 0 amide bonds. The van der Waals surface area contributed by atoms with E-state index in [1.165, 1.54) is 39.0 Å². The van der Waals surface area contributed by atoms with Gasteiger partial charge in [-0.25, -0.2) is 0 Å². The summed E-state index contributed by atoms with van der Waals surface area (Å²) in [5.41, 5.74) is 0. The van der Waals surface area contributed by atoms with Crippen LogP contribution < -0.4 is 5.32 Å². The Hall–Kier alpha value is 0.210. The lowest BCUT2D eigenvalue weighted by Crippen LogP contribution is -2.50. The zero-order valence-electron chi connectivity index (χ0n) is 7.75. The molecular formula is C9H19ClN2. The maximum absolute atomic E-state index is 3.42. The van der Waals surface area contributed by atoms with Gasteiger partial charge in [0.25, 0.3) is 0 Å². The van der Waals surface area contributed by atoms with Crippen LogP contribution in [0.4, 0.5) is 0 Å². The molecule has 1 heterocycles. The average molecular weight is 191 g/mol. The highest BCUT2D eigenvalue weighted by Gasteiger charge is 2.27. The number of nitrogens with one attached hydrogen (secondary N) is 1. The number of hydrogen-bond acceptors (Lipinski definition) is 2. The molecule has 2 aliphatic rings. The van der Waals surface area contributed by atoms with Crippen LogP contribution in [0.3, 0.4) is 0 Å². The molecule has 1 saturated carbocycles. The van der Waals surface area contributed by atoms with Gasteiger partial charge >= 0.3 is 0 Å². The highest BCUT2D eigenvalue weighted by molar-refractivity contribution is 5.85. The van der Waals surface area contributed by atoms with Crippen molar-refractivity contribution in [2.45, 2.75) is 25.8 Å². The van der Waals surface area contributed by atoms with E-state index in [-0.39, 0.29) is 12.4 Å². The predicted octanol–water partition coefficient (Wildman–Crippen LogP) is 1.11. The van der Waals surface area contributed by atoms with E-state index in [0.717, 1.165) is 12.0 Å². The van der Waals surface area contributed by atoms with Gasteiger partial charge < -0.3 is 5.32 Å². The van der Waals surface area contributed by atoms with Gasteiger partial charge in [0.2, 0.25) is 0 Å². The van der Waals surface area contributed by atoms with Crippen molar-refractivity contribution < 1.29 is 0 Å². The Kier molecular flexibility index (Phi) is 3.81. The van der Waals surface area contributed by atoms with Crippen molar-refractivity contribution in [1.82, 2.24) is 10.2 Å². The SMILES string of the molecule is CC1CNCCN1CC1CC1.Cl. The van der Waals surface area contributed by atoms with E-state index < -0.39 is 0 Å². The summed E-state index contributed by atoms with van der Waals surface area (Å²) in [5.74, 6) is 1.05. The predicted molar refractivity (Wildman–Crippen MR) is 53.9 cm³/mol. The van der Waals surface area contributed by atoms with Crippen molar-refractivity contribution >= 4 is 12.4 Å². The van der Waals surface area contributed by atoms with Crippen LogP contribution in [-0.2, 0) is 0 Å². The normalized spacial score (nSPS) is 31.2. The Labute approximate surface area is 81.1 Å². The fourth-order valence-corrected chi connectivity index (χ4v) is 1.79. The van der Waals surface area contributed by atoms with Crippen LogP contribution in [0.2, 0.25) is 0 Å². The van der Waals surface area contributed by atoms with Crippen LogP contribution >= 0.6 is 12.4 Å². The smallest absolute Gasteiger partial charge is 0.0193 e. The number of nitrogens with zero attached hydrogens (tertiary/aromatic N) is 1. The summed E-state index contributed by atoms with van der Waals surface area (Å²) in [6.07, 6.45) is 2.97. The minimum absolute atomic E-state index is 0. The van der Waals surface area contributed by atoms with Gasteiger partial charge in [-0.2, -0.15) is 0 Å². The average Bonchev–Trinajstić information content (AvgIpc) is 2.78. The van der Waals surface area contributed by atoms with Crippen molar-refractivity contribution in [3.63, 3.8) is 0 Å². The van der Waals surface area contributed by atoms with Crippen molar-refractivity contribution in [2.24, 2.45) is 5.92 Å². The van der Waals surface area contributed by atoms with Gasteiger partial charge in [-0.05, 0) is 25.7 Å². The second-order valence-corrected chi connectivity index (χ2v) is 3.99. The molecule has 1 N–H and O–H groups in total. The number of piperazine rings is 1. The molecule has 2 nitrogen and oxygen atoms in total. The minimum atomic E-state index is 0. The lowest BCUT2D eigenvalue weighted by Gasteiger charge is -2.33. The van der Waals surface area contributed by atoms with Crippen LogP contribution in [0.5, 0.6) is 0 Å². The molecule has 1 aliphatic heterocycles. The fraction of sp³-hybridized carbons (Fsp3) is 1.00. The summed E-state index contributed by atoms with van der Waals surface area (Å²) >= 11 is 0. The first-order valence-electron chi connectivity index (χ1n) is 4.81. The first-order valence-corrected chi connectivity index (χ1v) is 4.81. The first-order chi connectivity index (χ1) is 5.36. The molecule has 0 spiro atoms. The summed E-state index contributed by atoms with van der Waals surface area (Å²) in [6.45, 7) is 7.33. The van der Waals surface area contributed by atoms with Gasteiger partial charge in [-0.15, -0.1) is 12.4 Å². The fourth-order valence-electron chi connectivity index (χ4n) is 1.79. The molecule has 0 aromatic carbocycles. The lowest BCUT2D eigenvalue weighted by atomic mass is 10.2. The number of hydrogen-bond donors (Lipinski definition) is 1. The van der Waals surface area contributed by atoms with E-state index in [1.54, 1.807) is 0 Å². The molecule has 12 heavy (non-hydrogen) atoms. The molecule has 1 saturated heterocycles. The second-order valence-electron chi connectivity index (χ2n) is 3.99. The van der Waals surface area contributed by atoms with E-state index in [9.17, 15) is 0 Å². The highest BCUT2D eigenvalue weighted by Crippen LogP contribution is 2.30. The maximum Gasteiger partial charge on any atom is 0.0193 e. The zero-order chi connectivity index (χ0) is 7.68. The third-order valence-corrected chi connectivity index (χ3v) is 2.83. The summed E-state index contributed by atoms with van der Waals surface area (Å²) < 4.78 is 0. The molecule has 1 atom stereocenters. The molecule has 0 radical (unpaired) electrons. The largest absolute Gasteiger partial charge is 0.314 e. The Morgan fingerprint density at radius 3 is 2.75 bits per heavy atom. The summed E-state index contributed by atoms with van der Waals surface area (Å²) in [5, 5.41) is 3.42. The molecule has 1 aliphatic carbocycles. The molecular weight excluding hydrogens is 172 g/mol. The van der Waals surface area contributed by atoms with E-state index in [1.807, 2.05) is 0 Å². The van der Waals surface area contributed by atoms with Gasteiger partial charge in [0, 0.05) is 32.2 Å². The van der Waals surface area contributed by atoms with Crippen molar-refractivity contribution in [3.8, 4) is 0 Å². The first kappa shape index (κ1) is 10.3. The quantitative estimate of drug-likeness (QED) is 0.702. The van der Waals surface area contributed by atoms with Crippen LogP contribution in [-0.4, -0.2) is 37.1 Å². The van der Waals surface area contributed by atoms with Crippen LogP contribution in [0.1, 0.15) is 19.8 Å². The molecule has 0 bridgehead atoms. The minimum Gasteiger partial charge on any atom is -0.314 e. The Morgan fingerprint density at radius 2 is 2.17 bits per heavy atom. The topological polar surface area (TPSA) is 15.3 Å². The maximum atomic E-state index is 3.42. The molecule has 2 rings (SSSR count). The molecule has 3 heteroatoms.